The maximum atomic E-state index is 2.36. The van der Waals surface area contributed by atoms with Crippen molar-refractivity contribution in [3.05, 3.63) is 144 Å². The molecule has 4 aromatic rings. The topological polar surface area (TPSA) is 0 Å². The summed E-state index contributed by atoms with van der Waals surface area (Å²) in [5, 5.41) is 6.25. The highest BCUT2D eigenvalue weighted by Crippen LogP contribution is 2.61. The van der Waals surface area contributed by atoms with E-state index in [4.69, 9.17) is 0 Å². The second kappa shape index (κ2) is 10.9. The second-order valence-electron chi connectivity index (χ2n) is 9.19. The molecule has 1 aliphatic carbocycles. The fourth-order valence-corrected chi connectivity index (χ4v) is 12.5. The zero-order valence-corrected chi connectivity index (χ0v) is 22.5. The maximum absolute atomic E-state index is 2.36. The van der Waals surface area contributed by atoms with Gasteiger partial charge < -0.3 is 0 Å². The van der Waals surface area contributed by atoms with E-state index in [0.717, 1.165) is 6.42 Å². The van der Waals surface area contributed by atoms with Crippen molar-refractivity contribution in [3.8, 4) is 0 Å². The molecule has 0 aromatic heterocycles. The van der Waals surface area contributed by atoms with Crippen molar-refractivity contribution in [3.63, 3.8) is 0 Å². The van der Waals surface area contributed by atoms with Crippen LogP contribution >= 0.6 is 15.8 Å². The summed E-state index contributed by atoms with van der Waals surface area (Å²) in [5.41, 5.74) is 6.15. The van der Waals surface area contributed by atoms with Crippen LogP contribution < -0.4 is 21.2 Å². The molecule has 0 heterocycles. The fourth-order valence-electron chi connectivity index (χ4n) is 5.04. The van der Waals surface area contributed by atoms with E-state index >= 15 is 0 Å². The summed E-state index contributed by atoms with van der Waals surface area (Å²) in [6.07, 6.45) is 1.08. The minimum Gasteiger partial charge on any atom is -0.0660 e. The van der Waals surface area contributed by atoms with E-state index in [1.54, 1.807) is 5.57 Å². The van der Waals surface area contributed by atoms with Gasteiger partial charge in [0.1, 0.15) is 0 Å². The normalized spacial score (nSPS) is 14.0. The van der Waals surface area contributed by atoms with Crippen LogP contribution in [0.2, 0.25) is 0 Å². The SMILES string of the molecule is CC1=C(C)C(C)=C(C(P(c2ccccc2)c2ccccc2)P(c2ccccc2)c2ccccc2)C1. The van der Waals surface area contributed by atoms with E-state index in [-0.39, 0.29) is 0 Å². The molecule has 0 unspecified atom stereocenters. The molecule has 0 bridgehead atoms. The lowest BCUT2D eigenvalue weighted by molar-refractivity contribution is 1.11. The predicted molar refractivity (Wildman–Crippen MR) is 158 cm³/mol. The third-order valence-corrected chi connectivity index (χ3v) is 13.5. The molecule has 5 rings (SSSR count). The van der Waals surface area contributed by atoms with Crippen molar-refractivity contribution < 1.29 is 0 Å². The lowest BCUT2D eigenvalue weighted by Crippen LogP contribution is -2.29. The van der Waals surface area contributed by atoms with Gasteiger partial charge in [0.05, 0.1) is 0 Å². The lowest BCUT2D eigenvalue weighted by atomic mass is 10.1. The monoisotopic (exact) mass is 490 g/mol. The van der Waals surface area contributed by atoms with Gasteiger partial charge in [-0.3, -0.25) is 0 Å². The molecule has 0 saturated heterocycles. The Bertz CT molecular complexity index is 1160. The zero-order valence-electron chi connectivity index (χ0n) is 20.7. The Balaban J connectivity index is 1.80. The molecule has 2 heteroatoms. The van der Waals surface area contributed by atoms with Gasteiger partial charge >= 0.3 is 0 Å². The summed E-state index contributed by atoms with van der Waals surface area (Å²) < 4.78 is 0. The van der Waals surface area contributed by atoms with Crippen molar-refractivity contribution in [2.75, 3.05) is 0 Å². The van der Waals surface area contributed by atoms with Crippen LogP contribution in [0, 0.1) is 0 Å². The van der Waals surface area contributed by atoms with Crippen LogP contribution in [-0.4, -0.2) is 5.40 Å². The van der Waals surface area contributed by atoms with Gasteiger partial charge in [0.25, 0.3) is 0 Å². The Labute approximate surface area is 213 Å². The van der Waals surface area contributed by atoms with Crippen LogP contribution in [0.4, 0.5) is 0 Å². The quantitative estimate of drug-likeness (QED) is 0.234. The zero-order chi connectivity index (χ0) is 24.2. The van der Waals surface area contributed by atoms with Crippen molar-refractivity contribution in [1.29, 1.82) is 0 Å². The summed E-state index contributed by atoms with van der Waals surface area (Å²) in [4.78, 5) is 0. The van der Waals surface area contributed by atoms with Gasteiger partial charge in [0.15, 0.2) is 0 Å². The largest absolute Gasteiger partial charge is 0.0660 e. The predicted octanol–water partition coefficient (Wildman–Crippen LogP) is 7.63. The fraction of sp³-hybridized carbons (Fsp3) is 0.152. The highest BCUT2D eigenvalue weighted by molar-refractivity contribution is 7.90. The molecule has 0 saturated carbocycles. The molecular weight excluding hydrogens is 458 g/mol. The van der Waals surface area contributed by atoms with Gasteiger partial charge in [0, 0.05) is 5.40 Å². The highest BCUT2D eigenvalue weighted by Gasteiger charge is 2.38. The van der Waals surface area contributed by atoms with Gasteiger partial charge in [0.2, 0.25) is 0 Å². The number of allylic oxidation sites excluding steroid dienone is 4. The number of benzene rings is 4. The van der Waals surface area contributed by atoms with Crippen molar-refractivity contribution >= 4 is 37.1 Å². The second-order valence-corrected chi connectivity index (χ2v) is 14.2. The number of hydrogen-bond acceptors (Lipinski definition) is 0. The molecule has 174 valence electrons. The molecule has 0 fully saturated rings. The molecule has 1 aliphatic rings. The molecule has 0 spiro atoms. The minimum atomic E-state index is -0.632. The van der Waals surface area contributed by atoms with Gasteiger partial charge in [-0.25, -0.2) is 0 Å². The van der Waals surface area contributed by atoms with Crippen molar-refractivity contribution in [2.24, 2.45) is 0 Å². The van der Waals surface area contributed by atoms with Crippen LogP contribution in [0.3, 0.4) is 0 Å². The van der Waals surface area contributed by atoms with E-state index in [1.807, 2.05) is 0 Å². The first-order valence-corrected chi connectivity index (χ1v) is 15.1. The van der Waals surface area contributed by atoms with Crippen LogP contribution in [0.1, 0.15) is 27.2 Å². The van der Waals surface area contributed by atoms with Crippen LogP contribution in [0.5, 0.6) is 0 Å². The Kier molecular flexibility index (Phi) is 7.43. The Morgan fingerprint density at radius 1 is 0.457 bits per heavy atom. The molecular formula is C33H32P2. The van der Waals surface area contributed by atoms with Crippen LogP contribution in [0.15, 0.2) is 144 Å². The summed E-state index contributed by atoms with van der Waals surface area (Å²) >= 11 is 0. The van der Waals surface area contributed by atoms with E-state index in [0.29, 0.717) is 5.40 Å². The molecule has 0 amide bonds. The van der Waals surface area contributed by atoms with Gasteiger partial charge in [-0.15, -0.1) is 0 Å². The smallest absolute Gasteiger partial charge is 0.0372 e. The summed E-state index contributed by atoms with van der Waals surface area (Å²) in [5.74, 6) is 0. The van der Waals surface area contributed by atoms with Gasteiger partial charge in [-0.2, -0.15) is 0 Å². The Morgan fingerprint density at radius 2 is 0.771 bits per heavy atom. The summed E-state index contributed by atoms with van der Waals surface area (Å²) in [7, 11) is -1.26. The molecule has 0 atom stereocenters. The molecule has 35 heavy (non-hydrogen) atoms. The van der Waals surface area contributed by atoms with Gasteiger partial charge in [-0.1, -0.05) is 132 Å². The summed E-state index contributed by atoms with van der Waals surface area (Å²) in [6, 6.07) is 45.1. The van der Waals surface area contributed by atoms with Crippen LogP contribution in [0.25, 0.3) is 0 Å². The first-order chi connectivity index (χ1) is 17.1. The standard InChI is InChI=1S/C33H32P2/c1-25-24-32(27(3)26(25)2)33(34(28-16-8-4-9-17-28)29-18-10-5-11-19-29)35(30-20-12-6-13-21-30)31-22-14-7-15-23-31/h4-23,33H,24H2,1-3H3. The lowest BCUT2D eigenvalue weighted by Gasteiger charge is -2.38. The Hall–Kier alpha value is -2.78. The number of rotatable bonds is 7. The van der Waals surface area contributed by atoms with Crippen molar-refractivity contribution in [1.82, 2.24) is 0 Å². The Morgan fingerprint density at radius 3 is 1.03 bits per heavy atom. The molecule has 4 aromatic carbocycles. The van der Waals surface area contributed by atoms with Crippen molar-refractivity contribution in [2.45, 2.75) is 32.6 Å². The summed E-state index contributed by atoms with van der Waals surface area (Å²) in [6.45, 7) is 7.00. The van der Waals surface area contributed by atoms with E-state index in [2.05, 4.69) is 142 Å². The maximum Gasteiger partial charge on any atom is 0.0372 e. The number of hydrogen-bond donors (Lipinski definition) is 0. The van der Waals surface area contributed by atoms with Gasteiger partial charge in [-0.05, 0) is 75.4 Å². The molecule has 0 nitrogen and oxygen atoms in total. The molecule has 0 aliphatic heterocycles. The highest BCUT2D eigenvalue weighted by atomic mass is 31.2. The van der Waals surface area contributed by atoms with E-state index in [1.165, 1.54) is 37.9 Å². The third kappa shape index (κ3) is 4.97. The average molecular weight is 491 g/mol. The van der Waals surface area contributed by atoms with Crippen LogP contribution in [-0.2, 0) is 0 Å². The average Bonchev–Trinajstić information content (AvgIpc) is 3.17. The first kappa shape index (κ1) is 23.9. The minimum absolute atomic E-state index is 0.419. The van der Waals surface area contributed by atoms with E-state index in [9.17, 15) is 0 Å². The van der Waals surface area contributed by atoms with E-state index < -0.39 is 15.8 Å². The third-order valence-electron chi connectivity index (χ3n) is 7.08. The molecule has 0 radical (unpaired) electrons. The first-order valence-electron chi connectivity index (χ1n) is 12.3. The molecule has 0 N–H and O–H groups in total.